The summed E-state index contributed by atoms with van der Waals surface area (Å²) < 4.78 is 5.38. The van der Waals surface area contributed by atoms with Gasteiger partial charge in [-0.3, -0.25) is 43.8 Å². The van der Waals surface area contributed by atoms with E-state index in [0.29, 0.717) is 16.2 Å². The van der Waals surface area contributed by atoms with Crippen molar-refractivity contribution in [1.82, 2.24) is 26.2 Å². The maximum Gasteiger partial charge on any atom is 0.312 e. The van der Waals surface area contributed by atoms with Gasteiger partial charge in [-0.2, -0.15) is 0 Å². The van der Waals surface area contributed by atoms with Crippen molar-refractivity contribution in [3.05, 3.63) is 42.0 Å². The van der Waals surface area contributed by atoms with E-state index in [1.807, 2.05) is 6.92 Å². The molecular weight excluding hydrogens is 682 g/mol. The Balaban J connectivity index is 1.67. The maximum atomic E-state index is 13.6. The molecule has 1 fully saturated rings. The van der Waals surface area contributed by atoms with Gasteiger partial charge in [-0.15, -0.1) is 0 Å². The molecule has 0 saturated heterocycles. The molecule has 18 nitrogen and oxygen atoms in total. The second-order valence-corrected chi connectivity index (χ2v) is 13.4. The van der Waals surface area contributed by atoms with E-state index in [1.165, 1.54) is 0 Å². The molecule has 0 bridgehead atoms. The van der Waals surface area contributed by atoms with E-state index >= 15 is 0 Å². The minimum atomic E-state index is -1.68. The van der Waals surface area contributed by atoms with Crippen LogP contribution in [0.15, 0.2) is 36.4 Å². The lowest BCUT2D eigenvalue weighted by Gasteiger charge is -2.31. The van der Waals surface area contributed by atoms with Crippen LogP contribution in [0.4, 0.5) is 10.5 Å². The molecule has 3 rings (SSSR count). The molecule has 0 aromatic heterocycles. The van der Waals surface area contributed by atoms with Gasteiger partial charge in [-0.05, 0) is 62.6 Å². The summed E-state index contributed by atoms with van der Waals surface area (Å²) in [6.07, 6.45) is 1.45. The molecule has 1 aliphatic heterocycles. The van der Waals surface area contributed by atoms with Gasteiger partial charge in [0.25, 0.3) is 11.8 Å². The number of carboxylic acids is 1. The van der Waals surface area contributed by atoms with Gasteiger partial charge >= 0.3 is 18.0 Å². The van der Waals surface area contributed by atoms with E-state index in [2.05, 4.69) is 26.6 Å². The van der Waals surface area contributed by atoms with Gasteiger partial charge in [-0.25, -0.2) is 4.79 Å². The Morgan fingerprint density at radius 3 is 2.15 bits per heavy atom. The Kier molecular flexibility index (Phi) is 14.8. The topological polar surface area (TPSA) is 276 Å². The number of urea groups is 1. The predicted molar refractivity (Wildman–Crippen MR) is 183 cm³/mol. The van der Waals surface area contributed by atoms with E-state index < -0.39 is 90.2 Å². The highest BCUT2D eigenvalue weighted by Gasteiger charge is 2.46. The van der Waals surface area contributed by atoms with Gasteiger partial charge in [0.2, 0.25) is 17.7 Å². The van der Waals surface area contributed by atoms with Crippen molar-refractivity contribution in [3.8, 4) is 0 Å². The van der Waals surface area contributed by atoms with Crippen molar-refractivity contribution in [2.45, 2.75) is 90.3 Å². The normalized spacial score (nSPS) is 16.8. The number of aliphatic hydroxyl groups excluding tert-OH is 1. The molecule has 1 unspecified atom stereocenters. The Labute approximate surface area is 300 Å². The Morgan fingerprint density at radius 2 is 1.60 bits per heavy atom. The molecule has 18 heteroatoms. The van der Waals surface area contributed by atoms with Crippen LogP contribution in [0.2, 0.25) is 0 Å². The Bertz CT molecular complexity index is 1520. The molecule has 1 saturated carbocycles. The fourth-order valence-corrected chi connectivity index (χ4v) is 5.12. The standard InChI is InChI=1S/C34H47N7O11/c1-19(2)28(40-30(48)23(10-13-27(45)46)38-24(42)17-41-25(43)11-12-26(41)44)31(49)39-22(5-4-16-36-33(35)51)29(47)37-21-8-6-20(7-9-21)18-52-32(50)34(3)14-15-34/h6-9,11-12,19,22-23,28,30,40,48H,4-5,10,13-18H2,1-3H3,(H,37,47)(H,38,42)(H,39,49)(H,45,46)(H3,35,36,51)/t22-,23-,28-,30?/m0/s1. The molecule has 7 amide bonds. The van der Waals surface area contributed by atoms with Crippen LogP contribution >= 0.6 is 0 Å². The number of nitrogens with one attached hydrogen (secondary N) is 5. The van der Waals surface area contributed by atoms with Crippen molar-refractivity contribution < 1.29 is 53.3 Å². The number of amides is 7. The van der Waals surface area contributed by atoms with Crippen LogP contribution in [0.1, 0.15) is 64.9 Å². The number of ether oxygens (including phenoxy) is 1. The molecule has 284 valence electrons. The number of carbonyl (C=O) groups excluding carboxylic acids is 7. The third kappa shape index (κ3) is 12.8. The Hall–Kier alpha value is -5.36. The smallest absolute Gasteiger partial charge is 0.312 e. The summed E-state index contributed by atoms with van der Waals surface area (Å²) in [4.78, 5) is 98.8. The lowest BCUT2D eigenvalue weighted by molar-refractivity contribution is -0.151. The summed E-state index contributed by atoms with van der Waals surface area (Å²) >= 11 is 0. The van der Waals surface area contributed by atoms with E-state index in [-0.39, 0.29) is 38.4 Å². The first kappa shape index (κ1) is 41.1. The van der Waals surface area contributed by atoms with Gasteiger partial charge in [-0.1, -0.05) is 26.0 Å². The molecule has 0 spiro atoms. The maximum absolute atomic E-state index is 13.6. The molecule has 9 N–H and O–H groups in total. The zero-order valence-electron chi connectivity index (χ0n) is 29.3. The number of nitrogens with two attached hydrogens (primary N) is 1. The number of esters is 1. The number of benzene rings is 1. The van der Waals surface area contributed by atoms with Crippen LogP contribution in [0.3, 0.4) is 0 Å². The van der Waals surface area contributed by atoms with E-state index in [1.54, 1.807) is 38.1 Å². The number of hydrogen-bond donors (Lipinski definition) is 8. The van der Waals surface area contributed by atoms with Crippen molar-refractivity contribution in [2.24, 2.45) is 17.1 Å². The molecule has 52 heavy (non-hydrogen) atoms. The van der Waals surface area contributed by atoms with Crippen LogP contribution in [-0.2, 0) is 44.9 Å². The number of nitrogens with zero attached hydrogens (tertiary/aromatic N) is 1. The molecule has 1 aromatic carbocycles. The zero-order chi connectivity index (χ0) is 38.6. The average Bonchev–Trinajstić information content (AvgIpc) is 3.77. The average molecular weight is 730 g/mol. The molecule has 0 radical (unpaired) electrons. The third-order valence-electron chi connectivity index (χ3n) is 8.58. The third-order valence-corrected chi connectivity index (χ3v) is 8.58. The summed E-state index contributed by atoms with van der Waals surface area (Å²) in [7, 11) is 0. The Morgan fingerprint density at radius 1 is 0.962 bits per heavy atom. The van der Waals surface area contributed by atoms with Gasteiger partial charge in [0, 0.05) is 30.8 Å². The highest BCUT2D eigenvalue weighted by molar-refractivity contribution is 6.14. The minimum Gasteiger partial charge on any atom is -0.481 e. The van der Waals surface area contributed by atoms with Gasteiger partial charge in [0.1, 0.15) is 25.4 Å². The summed E-state index contributed by atoms with van der Waals surface area (Å²) in [5.74, 6) is -5.55. The first-order valence-electron chi connectivity index (χ1n) is 16.9. The monoisotopic (exact) mass is 729 g/mol. The quantitative estimate of drug-likeness (QED) is 0.0348. The van der Waals surface area contributed by atoms with Crippen LogP contribution in [-0.4, -0.2) is 100 Å². The van der Waals surface area contributed by atoms with Crippen molar-refractivity contribution in [3.63, 3.8) is 0 Å². The van der Waals surface area contributed by atoms with Crippen LogP contribution in [0.5, 0.6) is 0 Å². The second kappa shape index (κ2) is 18.8. The van der Waals surface area contributed by atoms with Crippen molar-refractivity contribution in [1.29, 1.82) is 0 Å². The fourth-order valence-electron chi connectivity index (χ4n) is 5.12. The van der Waals surface area contributed by atoms with Gasteiger partial charge in [0.15, 0.2) is 0 Å². The fraction of sp³-hybridized carbons (Fsp3) is 0.529. The van der Waals surface area contributed by atoms with E-state index in [0.717, 1.165) is 25.0 Å². The summed E-state index contributed by atoms with van der Waals surface area (Å²) in [5, 5.41) is 33.3. The van der Waals surface area contributed by atoms with Crippen molar-refractivity contribution in [2.75, 3.05) is 18.4 Å². The molecule has 1 aromatic rings. The number of carboxylic acid groups (broad SMARTS) is 1. The summed E-state index contributed by atoms with van der Waals surface area (Å²) in [6, 6.07) is 2.26. The molecular formula is C34H47N7O11. The number of anilines is 1. The van der Waals surface area contributed by atoms with Crippen LogP contribution < -0.4 is 32.3 Å². The number of hydrogen-bond acceptors (Lipinski definition) is 11. The largest absolute Gasteiger partial charge is 0.481 e. The van der Waals surface area contributed by atoms with Gasteiger partial charge < -0.3 is 42.0 Å². The lowest BCUT2D eigenvalue weighted by Crippen LogP contribution is -2.60. The molecule has 4 atom stereocenters. The number of aliphatic hydroxyl groups is 1. The summed E-state index contributed by atoms with van der Waals surface area (Å²) in [6.45, 7) is 4.66. The highest BCUT2D eigenvalue weighted by Crippen LogP contribution is 2.46. The SMILES string of the molecule is CC(C)[C@H](NC(O)[C@H](CCC(=O)O)NC(=O)CN1C(=O)C=CC1=O)C(=O)N[C@@H](CCCNC(N)=O)C(=O)Nc1ccc(COC(=O)C2(C)CC2)cc1. The zero-order valence-corrected chi connectivity index (χ0v) is 29.3. The second-order valence-electron chi connectivity index (χ2n) is 13.4. The number of rotatable bonds is 21. The van der Waals surface area contributed by atoms with Crippen LogP contribution in [0, 0.1) is 11.3 Å². The molecule has 1 heterocycles. The highest BCUT2D eigenvalue weighted by atomic mass is 16.5. The number of imide groups is 1. The number of carbonyl (C=O) groups is 8. The predicted octanol–water partition coefficient (Wildman–Crippen LogP) is -0.391. The first-order chi connectivity index (χ1) is 24.5. The molecule has 1 aliphatic carbocycles. The summed E-state index contributed by atoms with van der Waals surface area (Å²) in [5.41, 5.74) is 5.81. The van der Waals surface area contributed by atoms with E-state index in [4.69, 9.17) is 10.5 Å². The van der Waals surface area contributed by atoms with Gasteiger partial charge in [0.05, 0.1) is 17.5 Å². The van der Waals surface area contributed by atoms with E-state index in [9.17, 15) is 48.6 Å². The minimum absolute atomic E-state index is 0.0676. The molecule has 2 aliphatic rings. The van der Waals surface area contributed by atoms with Crippen LogP contribution in [0.25, 0.3) is 0 Å². The first-order valence-corrected chi connectivity index (χ1v) is 16.9. The number of aliphatic carboxylic acids is 1. The van der Waals surface area contributed by atoms with Crippen molar-refractivity contribution >= 4 is 53.2 Å². The lowest BCUT2D eigenvalue weighted by atomic mass is 10.0. The number of primary amides is 1.